The van der Waals surface area contributed by atoms with Crippen LogP contribution in [0.3, 0.4) is 0 Å². The lowest BCUT2D eigenvalue weighted by molar-refractivity contribution is -0.131. The number of carbonyl (C=O) groups is 2. The molecule has 0 bridgehead atoms. The Bertz CT molecular complexity index is 1350. The van der Waals surface area contributed by atoms with Gasteiger partial charge in [0.05, 0.1) is 11.7 Å². The minimum atomic E-state index is -0.327. The Balaban J connectivity index is 1.54. The highest BCUT2D eigenvalue weighted by Crippen LogP contribution is 2.45. The van der Waals surface area contributed by atoms with Gasteiger partial charge in [0.2, 0.25) is 5.91 Å². The first kappa shape index (κ1) is 19.8. The smallest absolute Gasteiger partial charge is 0.255 e. The molecule has 0 saturated carbocycles. The molecule has 0 aliphatic carbocycles. The first-order valence-corrected chi connectivity index (χ1v) is 11.6. The molecular formula is C28H25N3O2. The molecule has 0 radical (unpaired) electrons. The molecule has 33 heavy (non-hydrogen) atoms. The maximum Gasteiger partial charge on any atom is 0.255 e. The fourth-order valence-corrected chi connectivity index (χ4v) is 5.34. The Morgan fingerprint density at radius 3 is 2.39 bits per heavy atom. The molecule has 1 atom stereocenters. The maximum atomic E-state index is 13.6. The third-order valence-corrected chi connectivity index (χ3v) is 6.90. The number of amides is 2. The number of aromatic amines is 1. The Morgan fingerprint density at radius 2 is 1.58 bits per heavy atom. The molecule has 0 unspecified atom stereocenters. The van der Waals surface area contributed by atoms with Gasteiger partial charge in [-0.15, -0.1) is 0 Å². The summed E-state index contributed by atoms with van der Waals surface area (Å²) in [4.78, 5) is 34.0. The van der Waals surface area contributed by atoms with Crippen LogP contribution in [0.1, 0.15) is 40.4 Å². The number of nitrogens with zero attached hydrogens (tertiary/aromatic N) is 2. The molecule has 1 N–H and O–H groups in total. The SMILES string of the molecule is O=C(CN1C(=O)c2ccccc2[C@H]1c1c(-c2ccccc2)[nH]c2ccccc12)N1CCCC1. The molecule has 2 amide bonds. The van der Waals surface area contributed by atoms with Crippen molar-refractivity contribution >= 4 is 22.7 Å². The second kappa shape index (κ2) is 7.93. The zero-order chi connectivity index (χ0) is 22.4. The first-order chi connectivity index (χ1) is 16.2. The van der Waals surface area contributed by atoms with Gasteiger partial charge in [0, 0.05) is 35.1 Å². The molecule has 2 aliphatic rings. The fraction of sp³-hybridized carbons (Fsp3) is 0.214. The normalized spacial score (nSPS) is 17.7. The molecule has 164 valence electrons. The Kier molecular flexibility index (Phi) is 4.75. The zero-order valence-electron chi connectivity index (χ0n) is 18.3. The number of aromatic nitrogens is 1. The van der Waals surface area contributed by atoms with Crippen molar-refractivity contribution in [3.05, 3.63) is 95.6 Å². The van der Waals surface area contributed by atoms with Gasteiger partial charge >= 0.3 is 0 Å². The summed E-state index contributed by atoms with van der Waals surface area (Å²) in [6, 6.07) is 25.8. The second-order valence-electron chi connectivity index (χ2n) is 8.84. The molecule has 1 saturated heterocycles. The van der Waals surface area contributed by atoms with Crippen LogP contribution in [-0.4, -0.2) is 46.2 Å². The highest BCUT2D eigenvalue weighted by atomic mass is 16.2. The van der Waals surface area contributed by atoms with E-state index in [2.05, 4.69) is 29.2 Å². The maximum absolute atomic E-state index is 13.6. The Labute approximate surface area is 192 Å². The van der Waals surface area contributed by atoms with Gasteiger partial charge in [-0.3, -0.25) is 9.59 Å². The molecular weight excluding hydrogens is 410 g/mol. The molecule has 0 spiro atoms. The van der Waals surface area contributed by atoms with Crippen LogP contribution >= 0.6 is 0 Å². The van der Waals surface area contributed by atoms with Crippen LogP contribution < -0.4 is 0 Å². The lowest BCUT2D eigenvalue weighted by Gasteiger charge is -2.28. The van der Waals surface area contributed by atoms with Crippen molar-refractivity contribution in [2.45, 2.75) is 18.9 Å². The van der Waals surface area contributed by atoms with Gasteiger partial charge in [-0.05, 0) is 36.1 Å². The summed E-state index contributed by atoms with van der Waals surface area (Å²) in [7, 11) is 0. The number of para-hydroxylation sites is 1. The van der Waals surface area contributed by atoms with Crippen molar-refractivity contribution in [3.8, 4) is 11.3 Å². The van der Waals surface area contributed by atoms with Crippen LogP contribution in [0.2, 0.25) is 0 Å². The number of nitrogens with one attached hydrogen (secondary N) is 1. The van der Waals surface area contributed by atoms with E-state index in [0.717, 1.165) is 59.2 Å². The van der Waals surface area contributed by atoms with E-state index in [1.807, 2.05) is 59.5 Å². The fourth-order valence-electron chi connectivity index (χ4n) is 5.34. The van der Waals surface area contributed by atoms with Crippen LogP contribution in [0.4, 0.5) is 0 Å². The Hall–Kier alpha value is -3.86. The lowest BCUT2D eigenvalue weighted by atomic mass is 9.93. The van der Waals surface area contributed by atoms with Crippen molar-refractivity contribution in [1.82, 2.24) is 14.8 Å². The third kappa shape index (κ3) is 3.23. The van der Waals surface area contributed by atoms with Crippen LogP contribution in [0, 0.1) is 0 Å². The summed E-state index contributed by atoms with van der Waals surface area (Å²) in [6.45, 7) is 1.65. The van der Waals surface area contributed by atoms with Gasteiger partial charge in [-0.25, -0.2) is 0 Å². The number of rotatable bonds is 4. The predicted octanol–water partition coefficient (Wildman–Crippen LogP) is 5.00. The minimum absolute atomic E-state index is 0.0276. The summed E-state index contributed by atoms with van der Waals surface area (Å²) in [5.41, 5.74) is 5.76. The zero-order valence-corrected chi connectivity index (χ0v) is 18.3. The largest absolute Gasteiger partial charge is 0.354 e. The van der Waals surface area contributed by atoms with Crippen LogP contribution in [0.15, 0.2) is 78.9 Å². The first-order valence-electron chi connectivity index (χ1n) is 11.6. The molecule has 3 aromatic carbocycles. The number of hydrogen-bond acceptors (Lipinski definition) is 2. The van der Waals surface area contributed by atoms with E-state index in [0.29, 0.717) is 5.56 Å². The van der Waals surface area contributed by atoms with Crippen molar-refractivity contribution in [2.75, 3.05) is 19.6 Å². The van der Waals surface area contributed by atoms with Gasteiger partial charge in [-0.2, -0.15) is 0 Å². The highest BCUT2D eigenvalue weighted by Gasteiger charge is 2.41. The molecule has 6 rings (SSSR count). The van der Waals surface area contributed by atoms with E-state index < -0.39 is 0 Å². The second-order valence-corrected chi connectivity index (χ2v) is 8.84. The number of H-pyrrole nitrogens is 1. The summed E-state index contributed by atoms with van der Waals surface area (Å²) < 4.78 is 0. The summed E-state index contributed by atoms with van der Waals surface area (Å²) >= 11 is 0. The average Bonchev–Trinajstić information content (AvgIpc) is 3.58. The van der Waals surface area contributed by atoms with Crippen molar-refractivity contribution < 1.29 is 9.59 Å². The molecule has 4 aromatic rings. The number of likely N-dealkylation sites (tertiary alicyclic amines) is 1. The van der Waals surface area contributed by atoms with Crippen molar-refractivity contribution in [2.24, 2.45) is 0 Å². The molecule has 1 fully saturated rings. The van der Waals surface area contributed by atoms with E-state index in [4.69, 9.17) is 0 Å². The molecule has 1 aromatic heterocycles. The number of carbonyl (C=O) groups excluding carboxylic acids is 2. The molecule has 5 nitrogen and oxygen atoms in total. The summed E-state index contributed by atoms with van der Waals surface area (Å²) in [5, 5.41) is 1.07. The predicted molar refractivity (Wildman–Crippen MR) is 129 cm³/mol. The van der Waals surface area contributed by atoms with Crippen LogP contribution in [0.5, 0.6) is 0 Å². The topological polar surface area (TPSA) is 56.4 Å². The summed E-state index contributed by atoms with van der Waals surface area (Å²) in [5.74, 6) is -0.0489. The molecule has 2 aliphatic heterocycles. The minimum Gasteiger partial charge on any atom is -0.354 e. The number of fused-ring (bicyclic) bond motifs is 2. The number of hydrogen-bond donors (Lipinski definition) is 1. The van der Waals surface area contributed by atoms with E-state index in [-0.39, 0.29) is 24.4 Å². The lowest BCUT2D eigenvalue weighted by Crippen LogP contribution is -2.41. The molecule has 3 heterocycles. The van der Waals surface area contributed by atoms with Crippen LogP contribution in [0.25, 0.3) is 22.2 Å². The highest BCUT2D eigenvalue weighted by molar-refractivity contribution is 6.03. The number of benzene rings is 3. The third-order valence-electron chi connectivity index (χ3n) is 6.90. The van der Waals surface area contributed by atoms with E-state index >= 15 is 0 Å². The van der Waals surface area contributed by atoms with E-state index in [1.54, 1.807) is 4.90 Å². The van der Waals surface area contributed by atoms with Gasteiger partial charge in [0.15, 0.2) is 0 Å². The van der Waals surface area contributed by atoms with Gasteiger partial charge in [0.25, 0.3) is 5.91 Å². The van der Waals surface area contributed by atoms with E-state index in [9.17, 15) is 9.59 Å². The van der Waals surface area contributed by atoms with Crippen molar-refractivity contribution in [1.29, 1.82) is 0 Å². The van der Waals surface area contributed by atoms with Crippen LogP contribution in [-0.2, 0) is 4.79 Å². The standard InChI is InChI=1S/C28H25N3O2/c32-24(30-16-8-9-17-30)18-31-27(20-12-4-5-13-21(20)28(31)33)25-22-14-6-7-15-23(22)29-26(25)19-10-2-1-3-11-19/h1-7,10-15,27,29H,8-9,16-18H2/t27-/m0/s1. The monoisotopic (exact) mass is 435 g/mol. The van der Waals surface area contributed by atoms with Gasteiger partial charge < -0.3 is 14.8 Å². The van der Waals surface area contributed by atoms with Gasteiger partial charge in [-0.1, -0.05) is 66.7 Å². The van der Waals surface area contributed by atoms with Crippen molar-refractivity contribution in [3.63, 3.8) is 0 Å². The van der Waals surface area contributed by atoms with E-state index in [1.165, 1.54) is 0 Å². The van der Waals surface area contributed by atoms with Gasteiger partial charge in [0.1, 0.15) is 6.54 Å². The average molecular weight is 436 g/mol. The summed E-state index contributed by atoms with van der Waals surface area (Å²) in [6.07, 6.45) is 2.06. The Morgan fingerprint density at radius 1 is 0.879 bits per heavy atom. The quantitative estimate of drug-likeness (QED) is 0.490. The molecule has 5 heteroatoms.